The van der Waals surface area contributed by atoms with Crippen molar-refractivity contribution < 1.29 is 14.2 Å². The summed E-state index contributed by atoms with van der Waals surface area (Å²) >= 11 is 5.24. The van der Waals surface area contributed by atoms with Crippen molar-refractivity contribution in [2.45, 2.75) is 44.5 Å². The molecule has 2 aromatic carbocycles. The molecule has 0 fully saturated rings. The molecule has 0 saturated heterocycles. The van der Waals surface area contributed by atoms with Crippen LogP contribution in [0.2, 0.25) is 0 Å². The van der Waals surface area contributed by atoms with Crippen LogP contribution in [-0.2, 0) is 0 Å². The molecule has 4 rings (SSSR count). The van der Waals surface area contributed by atoms with E-state index >= 15 is 0 Å². The minimum Gasteiger partial charge on any atom is -0.490 e. The number of ether oxygens (including phenoxy) is 3. The van der Waals surface area contributed by atoms with E-state index in [0.717, 1.165) is 33.5 Å². The van der Waals surface area contributed by atoms with Gasteiger partial charge in [-0.15, -0.1) is 10.2 Å². The van der Waals surface area contributed by atoms with Gasteiger partial charge in [0.2, 0.25) is 11.0 Å². The van der Waals surface area contributed by atoms with Gasteiger partial charge in [-0.3, -0.25) is 0 Å². The van der Waals surface area contributed by atoms with Crippen molar-refractivity contribution in [2.24, 2.45) is 0 Å². The first-order valence-electron chi connectivity index (χ1n) is 11.7. The summed E-state index contributed by atoms with van der Waals surface area (Å²) in [6.07, 6.45) is 4.64. The van der Waals surface area contributed by atoms with Crippen LogP contribution in [0.4, 0.5) is 5.69 Å². The quantitative estimate of drug-likeness (QED) is 0.153. The van der Waals surface area contributed by atoms with Gasteiger partial charge in [0.1, 0.15) is 6.61 Å². The average molecular weight is 558 g/mol. The third-order valence-corrected chi connectivity index (χ3v) is 6.81. The van der Waals surface area contributed by atoms with E-state index in [9.17, 15) is 0 Å². The van der Waals surface area contributed by atoms with Crippen LogP contribution >= 0.6 is 27.7 Å². The molecule has 7 nitrogen and oxygen atoms in total. The van der Waals surface area contributed by atoms with E-state index < -0.39 is 6.23 Å². The molecule has 9 heteroatoms. The zero-order valence-electron chi connectivity index (χ0n) is 19.9. The van der Waals surface area contributed by atoms with Crippen LogP contribution in [0.5, 0.6) is 17.4 Å². The number of benzene rings is 2. The molecule has 3 aromatic rings. The van der Waals surface area contributed by atoms with Gasteiger partial charge in [-0.25, -0.2) is 0 Å². The molecule has 1 aliphatic heterocycles. The lowest BCUT2D eigenvalue weighted by Crippen LogP contribution is -2.17. The second-order valence-corrected chi connectivity index (χ2v) is 9.77. The maximum atomic E-state index is 6.43. The highest BCUT2D eigenvalue weighted by atomic mass is 79.9. The average Bonchev–Trinajstić information content (AvgIpc) is 3.03. The predicted molar refractivity (Wildman–Crippen MR) is 144 cm³/mol. The Balaban J connectivity index is 1.71. The van der Waals surface area contributed by atoms with Crippen LogP contribution in [-0.4, -0.2) is 34.1 Å². The van der Waals surface area contributed by atoms with Crippen LogP contribution in [0.1, 0.15) is 44.9 Å². The molecule has 1 aromatic heterocycles. The largest absolute Gasteiger partial charge is 0.490 e. The van der Waals surface area contributed by atoms with Crippen LogP contribution in [0.3, 0.4) is 0 Å². The summed E-state index contributed by atoms with van der Waals surface area (Å²) in [5, 5.41) is 13.0. The van der Waals surface area contributed by atoms with E-state index in [-0.39, 0.29) is 0 Å². The Morgan fingerprint density at radius 2 is 2.03 bits per heavy atom. The van der Waals surface area contributed by atoms with Crippen molar-refractivity contribution in [1.29, 1.82) is 0 Å². The third kappa shape index (κ3) is 6.08. The lowest BCUT2D eigenvalue weighted by molar-refractivity contribution is 0.223. The fourth-order valence-corrected chi connectivity index (χ4v) is 5.01. The fraction of sp³-hybridized carbons (Fsp3) is 0.346. The number of hydrogen-bond donors (Lipinski definition) is 1. The molecule has 0 aliphatic carbocycles. The SMILES string of the molecule is C=CCOc1c(Br)cc(C2Nc3ccccc3-c3nnc(SCCCCC)nc3O2)cc1OCC. The molecule has 2 heterocycles. The molecule has 35 heavy (non-hydrogen) atoms. The van der Waals surface area contributed by atoms with Crippen LogP contribution in [0, 0.1) is 0 Å². The number of halogens is 1. The number of fused-ring (bicyclic) bond motifs is 3. The third-order valence-electron chi connectivity index (χ3n) is 5.29. The van der Waals surface area contributed by atoms with Gasteiger partial charge in [-0.2, -0.15) is 4.98 Å². The van der Waals surface area contributed by atoms with Gasteiger partial charge in [0.25, 0.3) is 0 Å². The predicted octanol–water partition coefficient (Wildman–Crippen LogP) is 7.05. The Labute approximate surface area is 218 Å². The molecule has 0 radical (unpaired) electrons. The van der Waals surface area contributed by atoms with Crippen LogP contribution in [0.25, 0.3) is 11.3 Å². The minimum atomic E-state index is -0.531. The molecule has 0 saturated carbocycles. The number of thioether (sulfide) groups is 1. The summed E-state index contributed by atoms with van der Waals surface area (Å²) in [4.78, 5) is 4.73. The maximum absolute atomic E-state index is 6.43. The van der Waals surface area contributed by atoms with Gasteiger partial charge in [0, 0.05) is 22.6 Å². The summed E-state index contributed by atoms with van der Waals surface area (Å²) < 4.78 is 18.9. The Morgan fingerprint density at radius 1 is 1.17 bits per heavy atom. The smallest absolute Gasteiger partial charge is 0.247 e. The second kappa shape index (κ2) is 12.3. The normalized spacial score (nSPS) is 14.1. The highest BCUT2D eigenvalue weighted by molar-refractivity contribution is 9.10. The summed E-state index contributed by atoms with van der Waals surface area (Å²) in [6.45, 7) is 8.73. The Hall–Kier alpha value is -2.78. The maximum Gasteiger partial charge on any atom is 0.247 e. The van der Waals surface area contributed by atoms with Gasteiger partial charge in [0.15, 0.2) is 23.4 Å². The lowest BCUT2D eigenvalue weighted by Gasteiger charge is -2.22. The van der Waals surface area contributed by atoms with Gasteiger partial charge in [-0.1, -0.05) is 62.4 Å². The Bertz CT molecular complexity index is 1180. The number of hydrogen-bond acceptors (Lipinski definition) is 8. The zero-order valence-corrected chi connectivity index (χ0v) is 22.3. The number of nitrogens with zero attached hydrogens (tertiary/aromatic N) is 3. The van der Waals surface area contributed by atoms with Crippen molar-refractivity contribution >= 4 is 33.4 Å². The topological polar surface area (TPSA) is 78.4 Å². The first-order valence-corrected chi connectivity index (χ1v) is 13.5. The molecule has 1 unspecified atom stereocenters. The summed E-state index contributed by atoms with van der Waals surface area (Å²) in [5.74, 6) is 2.64. The number of nitrogens with one attached hydrogen (secondary N) is 1. The van der Waals surface area contributed by atoms with Gasteiger partial charge in [0.05, 0.1) is 11.1 Å². The minimum absolute atomic E-state index is 0.373. The standard InChI is InChI=1S/C26H29BrN4O3S/c1-4-7-10-14-35-26-29-25-22(30-31-26)18-11-8-9-12-20(18)28-24(34-25)17-15-19(27)23(33-13-5-2)21(16-17)32-6-3/h5,8-9,11-12,15-16,24,28H,2,4,6-7,10,13-14H2,1,3H3. The molecular formula is C26H29BrN4O3S. The van der Waals surface area contributed by atoms with Gasteiger partial charge < -0.3 is 19.5 Å². The van der Waals surface area contributed by atoms with Crippen molar-refractivity contribution in [3.63, 3.8) is 0 Å². The number of para-hydroxylation sites is 1. The first-order chi connectivity index (χ1) is 17.1. The fourth-order valence-electron chi connectivity index (χ4n) is 3.66. The molecular weight excluding hydrogens is 528 g/mol. The molecule has 0 bridgehead atoms. The lowest BCUT2D eigenvalue weighted by atomic mass is 10.1. The Kier molecular flexibility index (Phi) is 8.87. The highest BCUT2D eigenvalue weighted by Crippen LogP contribution is 2.43. The van der Waals surface area contributed by atoms with E-state index in [1.54, 1.807) is 17.8 Å². The van der Waals surface area contributed by atoms with Crippen molar-refractivity contribution in [3.05, 3.63) is 59.1 Å². The first kappa shape index (κ1) is 25.3. The summed E-state index contributed by atoms with van der Waals surface area (Å²) in [5.41, 5.74) is 3.24. The molecule has 184 valence electrons. The second-order valence-electron chi connectivity index (χ2n) is 7.85. The summed E-state index contributed by atoms with van der Waals surface area (Å²) in [6, 6.07) is 11.8. The molecule has 0 spiro atoms. The molecule has 0 amide bonds. The highest BCUT2D eigenvalue weighted by Gasteiger charge is 2.27. The van der Waals surface area contributed by atoms with E-state index in [4.69, 9.17) is 19.2 Å². The van der Waals surface area contributed by atoms with Gasteiger partial charge >= 0.3 is 0 Å². The van der Waals surface area contributed by atoms with Crippen molar-refractivity contribution in [1.82, 2.24) is 15.2 Å². The van der Waals surface area contributed by atoms with E-state index in [2.05, 4.69) is 44.9 Å². The van der Waals surface area contributed by atoms with Crippen molar-refractivity contribution in [2.75, 3.05) is 24.3 Å². The molecule has 1 aliphatic rings. The zero-order chi connectivity index (χ0) is 24.6. The molecule has 1 N–H and O–H groups in total. The monoisotopic (exact) mass is 556 g/mol. The summed E-state index contributed by atoms with van der Waals surface area (Å²) in [7, 11) is 0. The van der Waals surface area contributed by atoms with Crippen LogP contribution in [0.15, 0.2) is 58.7 Å². The number of unbranched alkanes of at least 4 members (excludes halogenated alkanes) is 2. The Morgan fingerprint density at radius 3 is 2.83 bits per heavy atom. The van der Waals surface area contributed by atoms with Crippen LogP contribution < -0.4 is 19.5 Å². The van der Waals surface area contributed by atoms with Gasteiger partial charge in [-0.05, 0) is 47.5 Å². The van der Waals surface area contributed by atoms with E-state index in [1.807, 2.05) is 43.3 Å². The number of rotatable bonds is 11. The van der Waals surface area contributed by atoms with Crippen molar-refractivity contribution in [3.8, 4) is 28.6 Å². The number of anilines is 1. The van der Waals surface area contributed by atoms with E-state index in [1.165, 1.54) is 12.8 Å². The number of aromatic nitrogens is 3. The molecule has 1 atom stereocenters. The van der Waals surface area contributed by atoms with E-state index in [0.29, 0.717) is 41.4 Å².